The van der Waals surface area contributed by atoms with Gasteiger partial charge in [-0.2, -0.15) is 5.10 Å². The number of nitrogens with zero attached hydrogens (tertiary/aromatic N) is 2. The van der Waals surface area contributed by atoms with Gasteiger partial charge >= 0.3 is 6.36 Å². The van der Waals surface area contributed by atoms with Crippen molar-refractivity contribution < 1.29 is 22.6 Å². The zero-order valence-electron chi connectivity index (χ0n) is 12.5. The van der Waals surface area contributed by atoms with Crippen molar-refractivity contribution in [1.82, 2.24) is 9.78 Å². The zero-order chi connectivity index (χ0) is 17.3. The molecule has 3 rings (SSSR count). The van der Waals surface area contributed by atoms with Crippen LogP contribution in [0.15, 0.2) is 46.9 Å². The van der Waals surface area contributed by atoms with Crippen LogP contribution in [0, 0.1) is 0 Å². The van der Waals surface area contributed by atoms with Gasteiger partial charge in [0.25, 0.3) is 0 Å². The number of aryl methyl sites for hydroxylation is 1. The molecule has 0 aliphatic rings. The van der Waals surface area contributed by atoms with Gasteiger partial charge in [0.05, 0.1) is 5.52 Å². The number of hydrogen-bond donors (Lipinski definition) is 0. The summed E-state index contributed by atoms with van der Waals surface area (Å²) < 4.78 is 48.5. The smallest absolute Gasteiger partial charge is 0.487 e. The topological polar surface area (TPSA) is 36.3 Å². The van der Waals surface area contributed by atoms with Crippen LogP contribution in [-0.2, 0) is 13.7 Å². The molecule has 2 aromatic carbocycles. The number of hydrogen-bond acceptors (Lipinski definition) is 3. The minimum Gasteiger partial charge on any atom is -0.487 e. The molecule has 0 saturated carbocycles. The van der Waals surface area contributed by atoms with Gasteiger partial charge in [0.2, 0.25) is 0 Å². The zero-order valence-corrected chi connectivity index (χ0v) is 14.1. The van der Waals surface area contributed by atoms with Crippen LogP contribution in [0.2, 0.25) is 0 Å². The minimum atomic E-state index is -4.70. The highest BCUT2D eigenvalue weighted by molar-refractivity contribution is 9.10. The Kier molecular flexibility index (Phi) is 4.40. The molecule has 1 heterocycles. The van der Waals surface area contributed by atoms with E-state index in [0.29, 0.717) is 5.75 Å². The van der Waals surface area contributed by atoms with E-state index in [4.69, 9.17) is 4.74 Å². The lowest BCUT2D eigenvalue weighted by atomic mass is 10.2. The molecule has 1 aromatic heterocycles. The number of alkyl halides is 3. The highest BCUT2D eigenvalue weighted by Gasteiger charge is 2.30. The molecule has 8 heteroatoms. The SMILES string of the molecule is Cn1nc(COc2ccc(OC(F)(F)F)cc2)c2ccc(Br)cc21. The molecule has 126 valence electrons. The summed E-state index contributed by atoms with van der Waals surface area (Å²) in [5.74, 6) is 0.142. The van der Waals surface area contributed by atoms with Gasteiger partial charge in [-0.05, 0) is 42.5 Å². The van der Waals surface area contributed by atoms with Gasteiger partial charge in [-0.15, -0.1) is 13.2 Å². The Morgan fingerprint density at radius 3 is 2.42 bits per heavy atom. The van der Waals surface area contributed by atoms with Gasteiger partial charge in [-0.25, -0.2) is 0 Å². The first-order valence-electron chi connectivity index (χ1n) is 6.91. The monoisotopic (exact) mass is 400 g/mol. The summed E-state index contributed by atoms with van der Waals surface area (Å²) in [7, 11) is 1.83. The Hall–Kier alpha value is -2.22. The fourth-order valence-electron chi connectivity index (χ4n) is 2.30. The molecule has 4 nitrogen and oxygen atoms in total. The maximum absolute atomic E-state index is 12.1. The summed E-state index contributed by atoms with van der Waals surface area (Å²) in [4.78, 5) is 0. The third-order valence-electron chi connectivity index (χ3n) is 3.32. The van der Waals surface area contributed by atoms with Crippen molar-refractivity contribution in [1.29, 1.82) is 0 Å². The van der Waals surface area contributed by atoms with Crippen molar-refractivity contribution >= 4 is 26.8 Å². The predicted molar refractivity (Wildman–Crippen MR) is 85.9 cm³/mol. The Labute approximate surface area is 143 Å². The van der Waals surface area contributed by atoms with Gasteiger partial charge in [-0.1, -0.05) is 15.9 Å². The molecule has 0 saturated heterocycles. The summed E-state index contributed by atoms with van der Waals surface area (Å²) in [6.45, 7) is 0.207. The lowest BCUT2D eigenvalue weighted by molar-refractivity contribution is -0.274. The molecule has 24 heavy (non-hydrogen) atoms. The van der Waals surface area contributed by atoms with Crippen molar-refractivity contribution in [2.75, 3.05) is 0 Å². The number of ether oxygens (including phenoxy) is 2. The third-order valence-corrected chi connectivity index (χ3v) is 3.82. The molecule has 0 unspecified atom stereocenters. The normalized spacial score (nSPS) is 11.7. The summed E-state index contributed by atoms with van der Waals surface area (Å²) >= 11 is 3.41. The van der Waals surface area contributed by atoms with Crippen LogP contribution < -0.4 is 9.47 Å². The standard InChI is InChI=1S/C16H12BrF3N2O2/c1-22-15-8-10(17)2-7-13(15)14(21-22)9-23-11-3-5-12(6-4-11)24-16(18,19)20/h2-8H,9H2,1H3. The second-order valence-corrected chi connectivity index (χ2v) is 5.96. The highest BCUT2D eigenvalue weighted by atomic mass is 79.9. The quantitative estimate of drug-likeness (QED) is 0.630. The van der Waals surface area contributed by atoms with Crippen LogP contribution in [0.1, 0.15) is 5.69 Å². The molecular weight excluding hydrogens is 389 g/mol. The number of benzene rings is 2. The summed E-state index contributed by atoms with van der Waals surface area (Å²) in [5, 5.41) is 5.37. The Balaban J connectivity index is 1.72. The Morgan fingerprint density at radius 1 is 1.08 bits per heavy atom. The van der Waals surface area contributed by atoms with Gasteiger partial charge in [0.15, 0.2) is 0 Å². The number of rotatable bonds is 4. The maximum atomic E-state index is 12.1. The molecule has 0 aliphatic carbocycles. The summed E-state index contributed by atoms with van der Waals surface area (Å²) in [6, 6.07) is 11.1. The van der Waals surface area contributed by atoms with E-state index in [-0.39, 0.29) is 12.4 Å². The fraction of sp³-hybridized carbons (Fsp3) is 0.188. The first-order chi connectivity index (χ1) is 11.3. The van der Waals surface area contributed by atoms with E-state index in [1.807, 2.05) is 25.2 Å². The molecule has 0 amide bonds. The molecular formula is C16H12BrF3N2O2. The minimum absolute atomic E-state index is 0.207. The lowest BCUT2D eigenvalue weighted by Crippen LogP contribution is -2.16. The summed E-state index contributed by atoms with van der Waals surface area (Å²) in [6.07, 6.45) is -4.70. The van der Waals surface area contributed by atoms with Crippen LogP contribution in [-0.4, -0.2) is 16.1 Å². The molecule has 0 fully saturated rings. The number of halogens is 4. The lowest BCUT2D eigenvalue weighted by Gasteiger charge is -2.09. The third kappa shape index (κ3) is 3.81. The van der Waals surface area contributed by atoms with Crippen molar-refractivity contribution in [3.8, 4) is 11.5 Å². The van der Waals surface area contributed by atoms with Gasteiger partial charge in [0.1, 0.15) is 23.8 Å². The molecule has 3 aromatic rings. The predicted octanol–water partition coefficient (Wildman–Crippen LogP) is 4.81. The van der Waals surface area contributed by atoms with E-state index in [2.05, 4.69) is 25.8 Å². The van der Waals surface area contributed by atoms with Crippen LogP contribution in [0.3, 0.4) is 0 Å². The molecule has 0 radical (unpaired) electrons. The molecule has 0 N–H and O–H groups in total. The van der Waals surface area contributed by atoms with E-state index in [1.165, 1.54) is 24.3 Å². The maximum Gasteiger partial charge on any atom is 0.573 e. The van der Waals surface area contributed by atoms with Gasteiger partial charge in [0, 0.05) is 16.9 Å². The van der Waals surface area contributed by atoms with Crippen molar-refractivity contribution in [3.63, 3.8) is 0 Å². The first kappa shape index (κ1) is 16.6. The highest BCUT2D eigenvalue weighted by Crippen LogP contribution is 2.26. The largest absolute Gasteiger partial charge is 0.573 e. The van der Waals surface area contributed by atoms with E-state index in [1.54, 1.807) is 4.68 Å². The Bertz CT molecular complexity index is 860. The van der Waals surface area contributed by atoms with Crippen molar-refractivity contribution in [2.24, 2.45) is 7.05 Å². The average Bonchev–Trinajstić information content (AvgIpc) is 2.81. The van der Waals surface area contributed by atoms with Gasteiger partial charge < -0.3 is 9.47 Å². The molecule has 0 atom stereocenters. The number of aromatic nitrogens is 2. The molecule has 0 bridgehead atoms. The van der Waals surface area contributed by atoms with Gasteiger partial charge in [-0.3, -0.25) is 4.68 Å². The van der Waals surface area contributed by atoms with Crippen molar-refractivity contribution in [3.05, 3.63) is 52.6 Å². The average molecular weight is 401 g/mol. The van der Waals surface area contributed by atoms with Crippen molar-refractivity contribution in [2.45, 2.75) is 13.0 Å². The molecule has 0 aliphatic heterocycles. The van der Waals surface area contributed by atoms with E-state index < -0.39 is 6.36 Å². The van der Waals surface area contributed by atoms with Crippen LogP contribution in [0.25, 0.3) is 10.9 Å². The number of fused-ring (bicyclic) bond motifs is 1. The summed E-state index contributed by atoms with van der Waals surface area (Å²) in [5.41, 5.74) is 1.70. The van der Waals surface area contributed by atoms with Crippen LogP contribution in [0.4, 0.5) is 13.2 Å². The molecule has 0 spiro atoms. The fourth-order valence-corrected chi connectivity index (χ4v) is 2.65. The van der Waals surface area contributed by atoms with E-state index in [9.17, 15) is 13.2 Å². The Morgan fingerprint density at radius 2 is 1.75 bits per heavy atom. The van der Waals surface area contributed by atoms with Crippen LogP contribution in [0.5, 0.6) is 11.5 Å². The van der Waals surface area contributed by atoms with E-state index >= 15 is 0 Å². The van der Waals surface area contributed by atoms with E-state index in [0.717, 1.165) is 21.1 Å². The second-order valence-electron chi connectivity index (χ2n) is 5.04. The second kappa shape index (κ2) is 6.35. The first-order valence-corrected chi connectivity index (χ1v) is 7.71. The van der Waals surface area contributed by atoms with Crippen LogP contribution >= 0.6 is 15.9 Å².